The molecule has 0 bridgehead atoms. The first-order valence-corrected chi connectivity index (χ1v) is 7.44. The second kappa shape index (κ2) is 7.81. The maximum Gasteiger partial charge on any atom is 0.127 e. The second-order valence-electron chi connectivity index (χ2n) is 5.07. The second-order valence-corrected chi connectivity index (χ2v) is 5.07. The minimum Gasteiger partial charge on any atom is -0.457 e. The molecule has 0 spiro atoms. The summed E-state index contributed by atoms with van der Waals surface area (Å²) in [4.78, 5) is 0. The lowest BCUT2D eigenvalue weighted by Gasteiger charge is -2.14. The smallest absolute Gasteiger partial charge is 0.127 e. The van der Waals surface area contributed by atoms with Crippen LogP contribution in [0.5, 0.6) is 11.5 Å². The first kappa shape index (κ1) is 15.5. The summed E-state index contributed by atoms with van der Waals surface area (Å²) < 4.78 is 5.89. The van der Waals surface area contributed by atoms with Crippen molar-refractivity contribution in [2.75, 3.05) is 13.2 Å². The van der Waals surface area contributed by atoms with Crippen molar-refractivity contribution >= 4 is 0 Å². The molecular formula is C18H23NO2. The third kappa shape index (κ3) is 4.59. The van der Waals surface area contributed by atoms with Crippen molar-refractivity contribution in [1.29, 1.82) is 0 Å². The van der Waals surface area contributed by atoms with Crippen molar-refractivity contribution in [3.05, 3.63) is 59.7 Å². The van der Waals surface area contributed by atoms with Crippen LogP contribution in [0.2, 0.25) is 0 Å². The number of benzene rings is 2. The van der Waals surface area contributed by atoms with E-state index in [9.17, 15) is 0 Å². The van der Waals surface area contributed by atoms with Gasteiger partial charge in [-0.2, -0.15) is 0 Å². The molecule has 2 aromatic carbocycles. The Bertz CT molecular complexity index is 551. The first-order valence-electron chi connectivity index (χ1n) is 7.44. The van der Waals surface area contributed by atoms with Gasteiger partial charge in [0.2, 0.25) is 0 Å². The molecule has 21 heavy (non-hydrogen) atoms. The predicted molar refractivity (Wildman–Crippen MR) is 85.8 cm³/mol. The number of ether oxygens (including phenoxy) is 1. The van der Waals surface area contributed by atoms with Crippen molar-refractivity contribution in [1.82, 2.24) is 5.32 Å². The summed E-state index contributed by atoms with van der Waals surface area (Å²) in [6.07, 6.45) is 0.677. The van der Waals surface area contributed by atoms with E-state index in [0.717, 1.165) is 23.6 Å². The SMILES string of the molecule is CCNC(C)c1cccc(Oc2ccc(CCO)cc2)c1. The molecule has 2 N–H and O–H groups in total. The highest BCUT2D eigenvalue weighted by Crippen LogP contribution is 2.25. The molecule has 0 aliphatic heterocycles. The molecule has 112 valence electrons. The molecule has 0 radical (unpaired) electrons. The average molecular weight is 285 g/mol. The molecule has 1 atom stereocenters. The van der Waals surface area contributed by atoms with E-state index in [0.29, 0.717) is 12.5 Å². The van der Waals surface area contributed by atoms with Gasteiger partial charge in [-0.05, 0) is 55.3 Å². The molecule has 0 heterocycles. The maximum atomic E-state index is 8.91. The van der Waals surface area contributed by atoms with Gasteiger partial charge in [-0.1, -0.05) is 31.2 Å². The van der Waals surface area contributed by atoms with Crippen LogP contribution >= 0.6 is 0 Å². The quantitative estimate of drug-likeness (QED) is 0.815. The van der Waals surface area contributed by atoms with Crippen LogP contribution in [-0.4, -0.2) is 18.3 Å². The normalized spacial score (nSPS) is 12.1. The monoisotopic (exact) mass is 285 g/mol. The molecule has 0 saturated heterocycles. The number of aliphatic hydroxyl groups excluding tert-OH is 1. The molecule has 2 aromatic rings. The van der Waals surface area contributed by atoms with E-state index in [4.69, 9.17) is 9.84 Å². The Labute approximate surface area is 126 Å². The number of hydrogen-bond donors (Lipinski definition) is 2. The Balaban J connectivity index is 2.06. The van der Waals surface area contributed by atoms with Crippen molar-refractivity contribution < 1.29 is 9.84 Å². The zero-order chi connectivity index (χ0) is 15.1. The van der Waals surface area contributed by atoms with Gasteiger partial charge in [-0.25, -0.2) is 0 Å². The average Bonchev–Trinajstić information content (AvgIpc) is 2.50. The summed E-state index contributed by atoms with van der Waals surface area (Å²) in [5.41, 5.74) is 2.32. The third-order valence-corrected chi connectivity index (χ3v) is 3.43. The van der Waals surface area contributed by atoms with Gasteiger partial charge in [0.15, 0.2) is 0 Å². The van der Waals surface area contributed by atoms with Crippen molar-refractivity contribution in [2.24, 2.45) is 0 Å². The van der Waals surface area contributed by atoms with E-state index in [1.165, 1.54) is 5.56 Å². The highest BCUT2D eigenvalue weighted by molar-refractivity contribution is 5.36. The van der Waals surface area contributed by atoms with E-state index >= 15 is 0 Å². The molecule has 3 nitrogen and oxygen atoms in total. The lowest BCUT2D eigenvalue weighted by atomic mass is 10.1. The fourth-order valence-electron chi connectivity index (χ4n) is 2.26. The van der Waals surface area contributed by atoms with Gasteiger partial charge in [0.05, 0.1) is 0 Å². The summed E-state index contributed by atoms with van der Waals surface area (Å²) in [6, 6.07) is 16.3. The van der Waals surface area contributed by atoms with E-state index in [1.807, 2.05) is 36.4 Å². The summed E-state index contributed by atoms with van der Waals surface area (Å²) in [5.74, 6) is 1.65. The summed E-state index contributed by atoms with van der Waals surface area (Å²) in [6.45, 7) is 5.36. The Morgan fingerprint density at radius 2 is 1.86 bits per heavy atom. The largest absolute Gasteiger partial charge is 0.457 e. The molecule has 0 fully saturated rings. The highest BCUT2D eigenvalue weighted by atomic mass is 16.5. The van der Waals surface area contributed by atoms with Crippen LogP contribution in [0.25, 0.3) is 0 Å². The Hall–Kier alpha value is -1.84. The van der Waals surface area contributed by atoms with Crippen LogP contribution in [0.15, 0.2) is 48.5 Å². The van der Waals surface area contributed by atoms with Gasteiger partial charge < -0.3 is 15.2 Å². The van der Waals surface area contributed by atoms with Gasteiger partial charge in [0.1, 0.15) is 11.5 Å². The van der Waals surface area contributed by atoms with Crippen molar-refractivity contribution in [3.8, 4) is 11.5 Å². The summed E-state index contributed by atoms with van der Waals surface area (Å²) >= 11 is 0. The number of nitrogens with one attached hydrogen (secondary N) is 1. The topological polar surface area (TPSA) is 41.5 Å². The van der Waals surface area contributed by atoms with Gasteiger partial charge in [0, 0.05) is 12.6 Å². The highest BCUT2D eigenvalue weighted by Gasteiger charge is 2.05. The van der Waals surface area contributed by atoms with Crippen LogP contribution in [0.1, 0.15) is 31.0 Å². The van der Waals surface area contributed by atoms with Crippen LogP contribution in [0, 0.1) is 0 Å². The molecule has 0 amide bonds. The van der Waals surface area contributed by atoms with E-state index < -0.39 is 0 Å². The third-order valence-electron chi connectivity index (χ3n) is 3.43. The fraction of sp³-hybridized carbons (Fsp3) is 0.333. The van der Waals surface area contributed by atoms with E-state index in [-0.39, 0.29) is 6.61 Å². The summed E-state index contributed by atoms with van der Waals surface area (Å²) in [5, 5.41) is 12.3. The van der Waals surface area contributed by atoms with E-state index in [2.05, 4.69) is 31.3 Å². The van der Waals surface area contributed by atoms with Crippen LogP contribution < -0.4 is 10.1 Å². The maximum absolute atomic E-state index is 8.91. The number of rotatable bonds is 7. The zero-order valence-electron chi connectivity index (χ0n) is 12.7. The molecule has 0 aliphatic carbocycles. The van der Waals surface area contributed by atoms with Crippen LogP contribution in [0.4, 0.5) is 0 Å². The van der Waals surface area contributed by atoms with Crippen LogP contribution in [0.3, 0.4) is 0 Å². The van der Waals surface area contributed by atoms with Gasteiger partial charge >= 0.3 is 0 Å². The fourth-order valence-corrected chi connectivity index (χ4v) is 2.26. The predicted octanol–water partition coefficient (Wildman–Crippen LogP) is 3.68. The molecule has 1 unspecified atom stereocenters. The zero-order valence-corrected chi connectivity index (χ0v) is 12.7. The minimum absolute atomic E-state index is 0.171. The Morgan fingerprint density at radius 1 is 1.10 bits per heavy atom. The molecule has 3 heteroatoms. The Kier molecular flexibility index (Phi) is 5.78. The van der Waals surface area contributed by atoms with Crippen molar-refractivity contribution in [3.63, 3.8) is 0 Å². The summed E-state index contributed by atoms with van der Waals surface area (Å²) in [7, 11) is 0. The number of aliphatic hydroxyl groups is 1. The molecule has 0 aliphatic rings. The minimum atomic E-state index is 0.171. The van der Waals surface area contributed by atoms with Gasteiger partial charge in [-0.3, -0.25) is 0 Å². The number of hydrogen-bond acceptors (Lipinski definition) is 3. The van der Waals surface area contributed by atoms with Crippen molar-refractivity contribution in [2.45, 2.75) is 26.3 Å². The Morgan fingerprint density at radius 3 is 2.52 bits per heavy atom. The molecule has 0 aromatic heterocycles. The molecule has 0 saturated carbocycles. The lowest BCUT2D eigenvalue weighted by Crippen LogP contribution is -2.17. The van der Waals surface area contributed by atoms with Gasteiger partial charge in [0.25, 0.3) is 0 Å². The molecular weight excluding hydrogens is 262 g/mol. The standard InChI is InChI=1S/C18H23NO2/c1-3-19-14(2)16-5-4-6-18(13-16)21-17-9-7-15(8-10-17)11-12-20/h4-10,13-14,19-20H,3,11-12H2,1-2H3. The first-order chi connectivity index (χ1) is 10.2. The van der Waals surface area contributed by atoms with Crippen LogP contribution in [-0.2, 0) is 6.42 Å². The van der Waals surface area contributed by atoms with E-state index in [1.54, 1.807) is 0 Å². The van der Waals surface area contributed by atoms with Gasteiger partial charge in [-0.15, -0.1) is 0 Å². The molecule has 2 rings (SSSR count). The lowest BCUT2D eigenvalue weighted by molar-refractivity contribution is 0.299.